The van der Waals surface area contributed by atoms with Gasteiger partial charge in [0.2, 0.25) is 0 Å². The van der Waals surface area contributed by atoms with Crippen LogP contribution in [0.5, 0.6) is 0 Å². The Kier molecular flexibility index (Phi) is 5.30. The molecule has 3 heterocycles. The average Bonchev–Trinajstić information content (AvgIpc) is 3.53. The van der Waals surface area contributed by atoms with Crippen LogP contribution in [0.3, 0.4) is 0 Å². The molecular weight excluding hydrogens is 392 g/mol. The summed E-state index contributed by atoms with van der Waals surface area (Å²) in [4.78, 5) is 30.2. The van der Waals surface area contributed by atoms with Gasteiger partial charge in [0, 0.05) is 50.6 Å². The summed E-state index contributed by atoms with van der Waals surface area (Å²) in [7, 11) is 1.80. The van der Waals surface area contributed by atoms with Gasteiger partial charge in [0.25, 0.3) is 11.8 Å². The van der Waals surface area contributed by atoms with Crippen LogP contribution in [0.25, 0.3) is 0 Å². The summed E-state index contributed by atoms with van der Waals surface area (Å²) < 4.78 is 7.95. The normalized spacial score (nSPS) is 23.0. The van der Waals surface area contributed by atoms with Gasteiger partial charge in [-0.05, 0) is 56.7 Å². The van der Waals surface area contributed by atoms with Gasteiger partial charge in [0.05, 0.1) is 5.60 Å². The Morgan fingerprint density at radius 3 is 2.45 bits per heavy atom. The van der Waals surface area contributed by atoms with Crippen molar-refractivity contribution in [2.45, 2.75) is 56.2 Å². The number of aromatic nitrogens is 2. The highest BCUT2D eigenvalue weighted by atomic mass is 16.5. The zero-order valence-corrected chi connectivity index (χ0v) is 18.1. The minimum Gasteiger partial charge on any atom is -0.375 e. The lowest BCUT2D eigenvalue weighted by atomic mass is 9.81. The molecule has 0 bridgehead atoms. The van der Waals surface area contributed by atoms with Crippen LogP contribution < -0.4 is 0 Å². The van der Waals surface area contributed by atoms with E-state index in [1.165, 1.54) is 0 Å². The molecule has 7 nitrogen and oxygen atoms in total. The highest BCUT2D eigenvalue weighted by Gasteiger charge is 2.46. The summed E-state index contributed by atoms with van der Waals surface area (Å²) >= 11 is 0. The van der Waals surface area contributed by atoms with Crippen LogP contribution in [-0.4, -0.2) is 68.8 Å². The highest BCUT2D eigenvalue weighted by Crippen LogP contribution is 2.40. The van der Waals surface area contributed by atoms with Crippen LogP contribution in [0.2, 0.25) is 0 Å². The number of rotatable bonds is 4. The fourth-order valence-electron chi connectivity index (χ4n) is 5.16. The van der Waals surface area contributed by atoms with Crippen LogP contribution in [0.4, 0.5) is 0 Å². The van der Waals surface area contributed by atoms with Crippen LogP contribution in [-0.2, 0) is 11.8 Å². The molecule has 7 heteroatoms. The van der Waals surface area contributed by atoms with Gasteiger partial charge < -0.3 is 14.5 Å². The molecule has 1 aliphatic carbocycles. The number of hydrogen-bond acceptors (Lipinski definition) is 4. The molecule has 2 amide bonds. The van der Waals surface area contributed by atoms with Gasteiger partial charge in [-0.15, -0.1) is 0 Å². The van der Waals surface area contributed by atoms with Crippen LogP contribution in [0.15, 0.2) is 42.6 Å². The molecule has 2 saturated heterocycles. The van der Waals surface area contributed by atoms with Crippen LogP contribution in [0, 0.1) is 0 Å². The van der Waals surface area contributed by atoms with Gasteiger partial charge in [-0.25, -0.2) is 0 Å². The first-order valence-corrected chi connectivity index (χ1v) is 11.4. The predicted molar refractivity (Wildman–Crippen MR) is 116 cm³/mol. The smallest absolute Gasteiger partial charge is 0.272 e. The second kappa shape index (κ2) is 8.11. The molecule has 0 N–H and O–H groups in total. The number of carbonyl (C=O) groups is 2. The molecule has 0 radical (unpaired) electrons. The standard InChI is InChI=1S/C24H30N4O3/c1-26-21(9-13-25-26)23(30)27-14-11-24(12-15-27)17-20(10-16-31-24)28(19-7-8-19)22(29)18-5-3-2-4-6-18/h2-6,9,13,19-20H,7-8,10-12,14-17H2,1H3. The summed E-state index contributed by atoms with van der Waals surface area (Å²) in [6.07, 6.45) is 7.20. The van der Waals surface area contributed by atoms with Crippen molar-refractivity contribution in [1.29, 1.82) is 0 Å². The third-order valence-corrected chi connectivity index (χ3v) is 7.06. The number of benzene rings is 1. The first-order chi connectivity index (χ1) is 15.1. The fourth-order valence-corrected chi connectivity index (χ4v) is 5.16. The van der Waals surface area contributed by atoms with E-state index in [-0.39, 0.29) is 23.5 Å². The lowest BCUT2D eigenvalue weighted by molar-refractivity contribution is -0.126. The fraction of sp³-hybridized carbons (Fsp3) is 0.542. The molecule has 164 valence electrons. The Morgan fingerprint density at radius 1 is 1.06 bits per heavy atom. The number of nitrogens with zero attached hydrogens (tertiary/aromatic N) is 4. The number of hydrogen-bond donors (Lipinski definition) is 0. The Balaban J connectivity index is 1.27. The second-order valence-electron chi connectivity index (χ2n) is 9.12. The largest absolute Gasteiger partial charge is 0.375 e. The first-order valence-electron chi connectivity index (χ1n) is 11.4. The molecule has 1 spiro atoms. The van der Waals surface area contributed by atoms with Gasteiger partial charge in [0.15, 0.2) is 0 Å². The zero-order chi connectivity index (χ0) is 21.4. The zero-order valence-electron chi connectivity index (χ0n) is 18.1. The third-order valence-electron chi connectivity index (χ3n) is 7.06. The molecular formula is C24H30N4O3. The molecule has 5 rings (SSSR count). The Hall–Kier alpha value is -2.67. The number of carbonyl (C=O) groups excluding carboxylic acids is 2. The van der Waals surface area contributed by atoms with Crippen molar-refractivity contribution in [1.82, 2.24) is 19.6 Å². The van der Waals surface area contributed by atoms with E-state index in [9.17, 15) is 9.59 Å². The van der Waals surface area contributed by atoms with Gasteiger partial charge >= 0.3 is 0 Å². The topological polar surface area (TPSA) is 67.7 Å². The van der Waals surface area contributed by atoms with Crippen LogP contribution in [0.1, 0.15) is 59.4 Å². The predicted octanol–water partition coefficient (Wildman–Crippen LogP) is 2.88. The number of amides is 2. The summed E-state index contributed by atoms with van der Waals surface area (Å²) in [5.74, 6) is 0.176. The van der Waals surface area contributed by atoms with E-state index in [0.29, 0.717) is 31.4 Å². The van der Waals surface area contributed by atoms with E-state index < -0.39 is 0 Å². The molecule has 31 heavy (non-hydrogen) atoms. The van der Waals surface area contributed by atoms with E-state index in [4.69, 9.17) is 4.74 Å². The summed E-state index contributed by atoms with van der Waals surface area (Å²) in [6, 6.07) is 12.0. The Labute approximate surface area is 183 Å². The van der Waals surface area contributed by atoms with E-state index in [1.807, 2.05) is 35.2 Å². The summed E-state index contributed by atoms with van der Waals surface area (Å²) in [6.45, 7) is 2.02. The lowest BCUT2D eigenvalue weighted by Gasteiger charge is -2.48. The van der Waals surface area contributed by atoms with Crippen molar-refractivity contribution in [2.24, 2.45) is 7.05 Å². The maximum absolute atomic E-state index is 13.3. The second-order valence-corrected chi connectivity index (χ2v) is 9.12. The van der Waals surface area contributed by atoms with Crippen molar-refractivity contribution in [3.05, 3.63) is 53.9 Å². The first kappa shape index (κ1) is 20.2. The number of likely N-dealkylation sites (tertiary alicyclic amines) is 1. The average molecular weight is 423 g/mol. The molecule has 2 aromatic rings. The van der Waals surface area contributed by atoms with Gasteiger partial charge in [0.1, 0.15) is 5.69 Å². The van der Waals surface area contributed by atoms with Gasteiger partial charge in [-0.3, -0.25) is 14.3 Å². The van der Waals surface area contributed by atoms with Gasteiger partial charge in [-0.1, -0.05) is 18.2 Å². The molecule has 1 aromatic carbocycles. The molecule has 1 aromatic heterocycles. The molecule has 1 atom stereocenters. The van der Waals surface area contributed by atoms with Gasteiger partial charge in [-0.2, -0.15) is 5.10 Å². The van der Waals surface area contributed by atoms with Crippen molar-refractivity contribution >= 4 is 11.8 Å². The molecule has 2 aliphatic heterocycles. The highest BCUT2D eigenvalue weighted by molar-refractivity contribution is 5.95. The van der Waals surface area contributed by atoms with Crippen molar-refractivity contribution < 1.29 is 14.3 Å². The van der Waals surface area contributed by atoms with E-state index in [1.54, 1.807) is 24.0 Å². The summed E-state index contributed by atoms with van der Waals surface area (Å²) in [5, 5.41) is 4.12. The van der Waals surface area contributed by atoms with Crippen LogP contribution >= 0.6 is 0 Å². The number of aryl methyl sites for hydroxylation is 1. The monoisotopic (exact) mass is 422 g/mol. The van der Waals surface area contributed by atoms with Crippen molar-refractivity contribution in [2.75, 3.05) is 19.7 Å². The van der Waals surface area contributed by atoms with E-state index in [2.05, 4.69) is 10.00 Å². The maximum Gasteiger partial charge on any atom is 0.272 e. The molecule has 3 aliphatic rings. The third kappa shape index (κ3) is 3.99. The van der Waals surface area contributed by atoms with Crippen molar-refractivity contribution in [3.8, 4) is 0 Å². The minimum atomic E-state index is -0.240. The quantitative estimate of drug-likeness (QED) is 0.760. The van der Waals surface area contributed by atoms with Crippen molar-refractivity contribution in [3.63, 3.8) is 0 Å². The van der Waals surface area contributed by atoms with E-state index >= 15 is 0 Å². The molecule has 1 saturated carbocycles. The lowest BCUT2D eigenvalue weighted by Crippen LogP contribution is -2.56. The maximum atomic E-state index is 13.3. The van der Waals surface area contributed by atoms with E-state index in [0.717, 1.165) is 44.1 Å². The molecule has 3 fully saturated rings. The minimum absolute atomic E-state index is 0.0288. The number of piperidine rings is 1. The SMILES string of the molecule is Cn1nccc1C(=O)N1CCC2(CC1)CC(N(C(=O)c1ccccc1)C1CC1)CCO2. The Morgan fingerprint density at radius 2 is 1.81 bits per heavy atom. The number of ether oxygens (including phenoxy) is 1. The molecule has 1 unspecified atom stereocenters. The Bertz CT molecular complexity index is 945. The summed E-state index contributed by atoms with van der Waals surface area (Å²) in [5.41, 5.74) is 1.15.